The van der Waals surface area contributed by atoms with Crippen LogP contribution in [0.25, 0.3) is 0 Å². The van der Waals surface area contributed by atoms with Gasteiger partial charge in [0.25, 0.3) is 5.91 Å². The molecule has 3 rings (SSSR count). The molecule has 146 valence electrons. The molecule has 0 fully saturated rings. The first-order valence-corrected chi connectivity index (χ1v) is 10.8. The van der Waals surface area contributed by atoms with Gasteiger partial charge >= 0.3 is 0 Å². The molecule has 2 aromatic carbocycles. The lowest BCUT2D eigenvalue weighted by atomic mass is 10.2. The molecule has 3 aromatic rings. The van der Waals surface area contributed by atoms with Gasteiger partial charge in [-0.05, 0) is 60.0 Å². The largest absolute Gasteiger partial charge is 0.497 e. The van der Waals surface area contributed by atoms with E-state index < -0.39 is 26.8 Å². The van der Waals surface area contributed by atoms with E-state index in [1.807, 2.05) is 0 Å². The lowest BCUT2D eigenvalue weighted by Gasteiger charge is -2.17. The van der Waals surface area contributed by atoms with Gasteiger partial charge in [-0.2, -0.15) is 0 Å². The molecule has 0 aliphatic heterocycles. The van der Waals surface area contributed by atoms with Gasteiger partial charge in [0.15, 0.2) is 9.84 Å². The summed E-state index contributed by atoms with van der Waals surface area (Å²) < 4.78 is 44.4. The number of methoxy groups -OCH3 is 1. The predicted molar refractivity (Wildman–Crippen MR) is 106 cm³/mol. The van der Waals surface area contributed by atoms with Crippen LogP contribution in [0.4, 0.5) is 4.39 Å². The molecule has 1 amide bonds. The van der Waals surface area contributed by atoms with Crippen molar-refractivity contribution < 1.29 is 22.3 Å². The molecular weight excluding hydrogens is 401 g/mol. The number of sulfone groups is 1. The second-order valence-electron chi connectivity index (χ2n) is 5.94. The summed E-state index contributed by atoms with van der Waals surface area (Å²) in [6, 6.07) is 14.6. The van der Waals surface area contributed by atoms with Crippen LogP contribution in [0, 0.1) is 5.82 Å². The van der Waals surface area contributed by atoms with E-state index in [0.29, 0.717) is 16.2 Å². The van der Waals surface area contributed by atoms with E-state index in [1.54, 1.807) is 41.8 Å². The molecule has 5 nitrogen and oxygen atoms in total. The third-order valence-electron chi connectivity index (χ3n) is 4.18. The molecule has 0 aliphatic carbocycles. The molecule has 0 spiro atoms. The highest BCUT2D eigenvalue weighted by atomic mass is 32.2. The van der Waals surface area contributed by atoms with Crippen molar-refractivity contribution in [2.45, 2.75) is 10.1 Å². The zero-order chi connectivity index (χ0) is 20.1. The number of nitrogens with one attached hydrogen (secondary N) is 1. The maximum Gasteiger partial charge on any atom is 0.251 e. The van der Waals surface area contributed by atoms with Gasteiger partial charge in [-0.1, -0.05) is 6.07 Å². The average Bonchev–Trinajstić information content (AvgIpc) is 3.22. The number of carbonyl (C=O) groups excluding carboxylic acids is 1. The number of benzene rings is 2. The monoisotopic (exact) mass is 419 g/mol. The van der Waals surface area contributed by atoms with Gasteiger partial charge in [0.05, 0.1) is 12.0 Å². The van der Waals surface area contributed by atoms with Gasteiger partial charge in [0.1, 0.15) is 16.8 Å². The predicted octanol–water partition coefficient (Wildman–Crippen LogP) is 3.84. The van der Waals surface area contributed by atoms with Gasteiger partial charge in [0.2, 0.25) is 0 Å². The van der Waals surface area contributed by atoms with Gasteiger partial charge < -0.3 is 10.1 Å². The molecule has 0 unspecified atom stereocenters. The highest BCUT2D eigenvalue weighted by Gasteiger charge is 2.30. The van der Waals surface area contributed by atoms with Crippen molar-refractivity contribution in [3.63, 3.8) is 0 Å². The highest BCUT2D eigenvalue weighted by Crippen LogP contribution is 2.31. The van der Waals surface area contributed by atoms with Crippen molar-refractivity contribution in [2.24, 2.45) is 0 Å². The zero-order valence-electron chi connectivity index (χ0n) is 15.0. The van der Waals surface area contributed by atoms with Crippen LogP contribution in [0.15, 0.2) is 70.9 Å². The Balaban J connectivity index is 1.83. The minimum atomic E-state index is -3.82. The second kappa shape index (κ2) is 8.53. The molecule has 1 atom stereocenters. The third kappa shape index (κ3) is 4.40. The third-order valence-corrected chi connectivity index (χ3v) is 7.41. The quantitative estimate of drug-likeness (QED) is 0.591. The maximum absolute atomic E-state index is 13.2. The van der Waals surface area contributed by atoms with Gasteiger partial charge in [0, 0.05) is 17.0 Å². The summed E-state index contributed by atoms with van der Waals surface area (Å²) >= 11 is 1.29. The highest BCUT2D eigenvalue weighted by molar-refractivity contribution is 7.91. The first kappa shape index (κ1) is 20.0. The Bertz CT molecular complexity index is 1030. The van der Waals surface area contributed by atoms with Crippen molar-refractivity contribution in [1.29, 1.82) is 0 Å². The van der Waals surface area contributed by atoms with Crippen LogP contribution in [-0.2, 0) is 9.84 Å². The van der Waals surface area contributed by atoms with Crippen molar-refractivity contribution in [3.05, 3.63) is 82.3 Å². The molecule has 28 heavy (non-hydrogen) atoms. The number of halogens is 1. The maximum atomic E-state index is 13.2. The summed E-state index contributed by atoms with van der Waals surface area (Å²) in [6.07, 6.45) is 0. The van der Waals surface area contributed by atoms with Gasteiger partial charge in [-0.3, -0.25) is 4.79 Å². The van der Waals surface area contributed by atoms with Crippen molar-refractivity contribution in [1.82, 2.24) is 5.32 Å². The number of carbonyl (C=O) groups is 1. The van der Waals surface area contributed by atoms with Crippen LogP contribution in [0.3, 0.4) is 0 Å². The Hall–Kier alpha value is -2.71. The van der Waals surface area contributed by atoms with Crippen LogP contribution < -0.4 is 10.1 Å². The van der Waals surface area contributed by atoms with E-state index in [4.69, 9.17) is 4.74 Å². The Morgan fingerprint density at radius 2 is 1.79 bits per heavy atom. The topological polar surface area (TPSA) is 72.5 Å². The molecule has 0 bridgehead atoms. The number of hydrogen-bond donors (Lipinski definition) is 1. The fourth-order valence-corrected chi connectivity index (χ4v) is 5.44. The summed E-state index contributed by atoms with van der Waals surface area (Å²) in [5.74, 6) is -0.287. The van der Waals surface area contributed by atoms with E-state index >= 15 is 0 Å². The summed E-state index contributed by atoms with van der Waals surface area (Å²) in [6.45, 7) is -0.106. The van der Waals surface area contributed by atoms with Crippen LogP contribution in [0.2, 0.25) is 0 Å². The van der Waals surface area contributed by atoms with Crippen molar-refractivity contribution >= 4 is 27.1 Å². The van der Waals surface area contributed by atoms with Crippen LogP contribution in [-0.4, -0.2) is 28.0 Å². The molecule has 1 N–H and O–H groups in total. The molecule has 0 saturated heterocycles. The minimum Gasteiger partial charge on any atom is -0.497 e. The summed E-state index contributed by atoms with van der Waals surface area (Å²) in [4.78, 5) is 13.0. The van der Waals surface area contributed by atoms with Crippen molar-refractivity contribution in [2.75, 3.05) is 13.7 Å². The SMILES string of the molecule is COc1ccc(C(=O)NC[C@H](c2cccs2)S(=O)(=O)c2ccc(F)cc2)cc1. The zero-order valence-corrected chi connectivity index (χ0v) is 16.6. The molecule has 1 heterocycles. The van der Waals surface area contributed by atoms with E-state index in [-0.39, 0.29) is 11.4 Å². The fourth-order valence-electron chi connectivity index (χ4n) is 2.66. The Kier molecular flexibility index (Phi) is 6.11. The lowest BCUT2D eigenvalue weighted by molar-refractivity contribution is 0.0953. The van der Waals surface area contributed by atoms with Crippen LogP contribution in [0.1, 0.15) is 20.5 Å². The average molecular weight is 419 g/mol. The van der Waals surface area contributed by atoms with Gasteiger partial charge in [-0.15, -0.1) is 11.3 Å². The Labute approximate surface area is 166 Å². The van der Waals surface area contributed by atoms with E-state index in [2.05, 4.69) is 5.32 Å². The first-order chi connectivity index (χ1) is 13.4. The fraction of sp³-hybridized carbons (Fsp3) is 0.150. The number of rotatable bonds is 7. The lowest BCUT2D eigenvalue weighted by Crippen LogP contribution is -2.31. The normalized spacial score (nSPS) is 12.4. The molecule has 0 aliphatic rings. The number of amides is 1. The van der Waals surface area contributed by atoms with E-state index in [9.17, 15) is 17.6 Å². The molecule has 0 saturated carbocycles. The Morgan fingerprint density at radius 3 is 2.36 bits per heavy atom. The number of hydrogen-bond acceptors (Lipinski definition) is 5. The summed E-state index contributed by atoms with van der Waals surface area (Å²) in [7, 11) is -2.29. The second-order valence-corrected chi connectivity index (χ2v) is 9.05. The smallest absolute Gasteiger partial charge is 0.251 e. The van der Waals surface area contributed by atoms with E-state index in [0.717, 1.165) is 12.1 Å². The molecular formula is C20H18FNO4S2. The van der Waals surface area contributed by atoms with Crippen LogP contribution in [0.5, 0.6) is 5.75 Å². The Morgan fingerprint density at radius 1 is 1.11 bits per heavy atom. The first-order valence-electron chi connectivity index (χ1n) is 8.37. The minimum absolute atomic E-state index is 0.00555. The number of thiophene rings is 1. The summed E-state index contributed by atoms with van der Waals surface area (Å²) in [5, 5.41) is 3.49. The summed E-state index contributed by atoms with van der Waals surface area (Å²) in [5.41, 5.74) is 0.393. The standard InChI is InChI=1S/C20H18FNO4S2/c1-26-16-8-4-14(5-9-16)20(23)22-13-19(18-3-2-12-27-18)28(24,25)17-10-6-15(21)7-11-17/h2-12,19H,13H2,1H3,(H,22,23)/t19-/m1/s1. The van der Waals surface area contributed by atoms with Gasteiger partial charge in [-0.25, -0.2) is 12.8 Å². The molecule has 1 aromatic heterocycles. The molecule has 8 heteroatoms. The van der Waals surface area contributed by atoms with E-state index in [1.165, 1.54) is 30.6 Å². The van der Waals surface area contributed by atoms with Crippen molar-refractivity contribution in [3.8, 4) is 5.75 Å². The molecule has 0 radical (unpaired) electrons. The number of ether oxygens (including phenoxy) is 1. The van der Waals surface area contributed by atoms with Crippen LogP contribution >= 0.6 is 11.3 Å².